The van der Waals surface area contributed by atoms with Gasteiger partial charge in [-0.05, 0) is 52.6 Å². The van der Waals surface area contributed by atoms with E-state index in [1.807, 2.05) is 29.7 Å². The number of hydrogen-bond donors (Lipinski definition) is 0. The first kappa shape index (κ1) is 29.6. The Morgan fingerprint density at radius 2 is 1.11 bits per heavy atom. The maximum atomic E-state index is 5.68. The highest BCUT2D eigenvalue weighted by atomic mass is 32.1. The normalized spacial score (nSPS) is 12.1. The molecule has 5 aromatic heterocycles. The Balaban J connectivity index is 1.16. The molecule has 0 amide bonds. The molecule has 0 aliphatic heterocycles. The Kier molecular flexibility index (Phi) is 6.18. The molecule has 0 unspecified atom stereocenters. The van der Waals surface area contributed by atoms with Crippen LogP contribution >= 0.6 is 11.3 Å². The molecule has 250 valence electrons. The Hall–Kier alpha value is -6.95. The smallest absolute Gasteiger partial charge is 0.146 e. The summed E-state index contributed by atoms with van der Waals surface area (Å²) in [5.41, 5.74) is 7.07. The molecule has 7 aromatic carbocycles. The van der Waals surface area contributed by atoms with Gasteiger partial charge in [-0.1, -0.05) is 127 Å². The van der Waals surface area contributed by atoms with Gasteiger partial charge in [-0.25, -0.2) is 15.0 Å². The van der Waals surface area contributed by atoms with Gasteiger partial charge in [0.2, 0.25) is 0 Å². The summed E-state index contributed by atoms with van der Waals surface area (Å²) < 4.78 is 4.78. The van der Waals surface area contributed by atoms with Crippen molar-refractivity contribution in [1.82, 2.24) is 19.5 Å². The lowest BCUT2D eigenvalue weighted by atomic mass is 9.94. The molecule has 4 nitrogen and oxygen atoms in total. The van der Waals surface area contributed by atoms with E-state index in [0.717, 1.165) is 71.9 Å². The van der Waals surface area contributed by atoms with Crippen molar-refractivity contribution in [2.45, 2.75) is 0 Å². The van der Waals surface area contributed by atoms with E-state index < -0.39 is 0 Å². The molecule has 0 N–H and O–H groups in total. The van der Waals surface area contributed by atoms with E-state index in [9.17, 15) is 0 Å². The first-order chi connectivity index (χ1) is 26.8. The van der Waals surface area contributed by atoms with Crippen molar-refractivity contribution in [3.63, 3.8) is 0 Å². The van der Waals surface area contributed by atoms with Crippen LogP contribution in [-0.4, -0.2) is 19.5 Å². The largest absolute Gasteiger partial charge is 0.278 e. The number of benzene rings is 7. The van der Waals surface area contributed by atoms with Crippen LogP contribution in [0.25, 0.3) is 114 Å². The van der Waals surface area contributed by atoms with E-state index in [1.54, 1.807) is 0 Å². The lowest BCUT2D eigenvalue weighted by Gasteiger charge is -2.14. The summed E-state index contributed by atoms with van der Waals surface area (Å²) >= 11 is 1.86. The zero-order chi connectivity index (χ0) is 35.3. The Labute approximate surface area is 313 Å². The van der Waals surface area contributed by atoms with Crippen molar-refractivity contribution in [2.75, 3.05) is 0 Å². The van der Waals surface area contributed by atoms with Crippen molar-refractivity contribution in [3.05, 3.63) is 170 Å². The fourth-order valence-electron chi connectivity index (χ4n) is 8.65. The molecular weight excluding hydrogens is 677 g/mol. The van der Waals surface area contributed by atoms with Gasteiger partial charge in [0.1, 0.15) is 11.5 Å². The quantitative estimate of drug-likeness (QED) is 0.172. The number of hydrogen-bond acceptors (Lipinski definition) is 4. The van der Waals surface area contributed by atoms with Crippen LogP contribution in [0.5, 0.6) is 0 Å². The molecule has 0 atom stereocenters. The van der Waals surface area contributed by atoms with Gasteiger partial charge in [0.15, 0.2) is 0 Å². The van der Waals surface area contributed by atoms with E-state index in [0.29, 0.717) is 0 Å². The summed E-state index contributed by atoms with van der Waals surface area (Å²) in [5.74, 6) is 0.840. The van der Waals surface area contributed by atoms with Crippen LogP contribution in [0.2, 0.25) is 0 Å². The number of rotatable bonds is 3. The predicted octanol–water partition coefficient (Wildman–Crippen LogP) is 13.3. The van der Waals surface area contributed by atoms with Crippen molar-refractivity contribution in [2.24, 2.45) is 0 Å². The second-order valence-electron chi connectivity index (χ2n) is 13.9. The Bertz CT molecular complexity index is 3510. The minimum Gasteiger partial charge on any atom is -0.278 e. The first-order valence-electron chi connectivity index (χ1n) is 18.2. The molecular formula is C49H28N4S. The van der Waals surface area contributed by atoms with Gasteiger partial charge >= 0.3 is 0 Å². The summed E-state index contributed by atoms with van der Waals surface area (Å²) in [6.07, 6.45) is 1.87. The van der Waals surface area contributed by atoms with Gasteiger partial charge in [0.05, 0.1) is 22.4 Å². The fourth-order valence-corrected chi connectivity index (χ4v) is 9.89. The molecule has 0 saturated heterocycles. The van der Waals surface area contributed by atoms with Crippen LogP contribution in [0.15, 0.2) is 170 Å². The molecule has 12 aromatic rings. The molecule has 0 spiro atoms. The summed E-state index contributed by atoms with van der Waals surface area (Å²) in [5, 5.41) is 13.0. The van der Waals surface area contributed by atoms with Gasteiger partial charge in [0.25, 0.3) is 0 Å². The van der Waals surface area contributed by atoms with E-state index in [4.69, 9.17) is 15.0 Å². The number of thiophene rings is 1. The number of fused-ring (bicyclic) bond motifs is 14. The van der Waals surface area contributed by atoms with E-state index >= 15 is 0 Å². The highest BCUT2D eigenvalue weighted by Gasteiger charge is 2.21. The molecule has 0 aliphatic carbocycles. The van der Waals surface area contributed by atoms with Crippen molar-refractivity contribution in [3.8, 4) is 28.3 Å². The maximum Gasteiger partial charge on any atom is 0.146 e. The zero-order valence-electron chi connectivity index (χ0n) is 28.9. The van der Waals surface area contributed by atoms with Crippen LogP contribution < -0.4 is 0 Å². The van der Waals surface area contributed by atoms with Gasteiger partial charge < -0.3 is 0 Å². The minimum absolute atomic E-state index is 0.840. The maximum absolute atomic E-state index is 5.68. The highest BCUT2D eigenvalue weighted by Crippen LogP contribution is 2.47. The first-order valence-corrected chi connectivity index (χ1v) is 19.0. The van der Waals surface area contributed by atoms with Gasteiger partial charge in [-0.15, -0.1) is 11.3 Å². The van der Waals surface area contributed by atoms with Crippen LogP contribution in [0, 0.1) is 0 Å². The molecule has 5 heterocycles. The van der Waals surface area contributed by atoms with E-state index in [2.05, 4.69) is 156 Å². The third-order valence-electron chi connectivity index (χ3n) is 11.0. The van der Waals surface area contributed by atoms with Crippen LogP contribution in [0.4, 0.5) is 0 Å². The lowest BCUT2D eigenvalue weighted by Crippen LogP contribution is -2.00. The third-order valence-corrected chi connectivity index (χ3v) is 12.2. The molecule has 0 saturated carbocycles. The summed E-state index contributed by atoms with van der Waals surface area (Å²) in [6, 6.07) is 58.4. The molecule has 0 bridgehead atoms. The molecule has 54 heavy (non-hydrogen) atoms. The topological polar surface area (TPSA) is 43.6 Å². The zero-order valence-corrected chi connectivity index (χ0v) is 29.7. The van der Waals surface area contributed by atoms with E-state index in [1.165, 1.54) is 41.7 Å². The summed E-state index contributed by atoms with van der Waals surface area (Å²) in [7, 11) is 0. The molecule has 5 heteroatoms. The lowest BCUT2D eigenvalue weighted by molar-refractivity contribution is 1.07. The van der Waals surface area contributed by atoms with Crippen molar-refractivity contribution in [1.29, 1.82) is 0 Å². The predicted molar refractivity (Wildman–Crippen MR) is 228 cm³/mol. The summed E-state index contributed by atoms with van der Waals surface area (Å²) in [4.78, 5) is 16.0. The van der Waals surface area contributed by atoms with Crippen LogP contribution in [0.3, 0.4) is 0 Å². The van der Waals surface area contributed by atoms with Crippen LogP contribution in [0.1, 0.15) is 0 Å². The van der Waals surface area contributed by atoms with Gasteiger partial charge in [-0.2, -0.15) is 0 Å². The molecule has 12 rings (SSSR count). The second-order valence-corrected chi connectivity index (χ2v) is 15.0. The summed E-state index contributed by atoms with van der Waals surface area (Å²) in [6.45, 7) is 0. The molecule has 0 radical (unpaired) electrons. The monoisotopic (exact) mass is 704 g/mol. The number of nitrogens with zero attached hydrogens (tertiary/aromatic N) is 4. The van der Waals surface area contributed by atoms with Crippen LogP contribution in [-0.2, 0) is 0 Å². The number of aromatic nitrogens is 4. The molecule has 0 aliphatic rings. The van der Waals surface area contributed by atoms with Crippen molar-refractivity contribution < 1.29 is 0 Å². The Morgan fingerprint density at radius 3 is 1.96 bits per heavy atom. The average molecular weight is 705 g/mol. The third kappa shape index (κ3) is 4.15. The fraction of sp³-hybridized carbons (Fsp3) is 0. The Morgan fingerprint density at radius 1 is 0.444 bits per heavy atom. The van der Waals surface area contributed by atoms with Gasteiger partial charge in [-0.3, -0.25) is 4.57 Å². The van der Waals surface area contributed by atoms with E-state index in [-0.39, 0.29) is 0 Å². The minimum atomic E-state index is 0.840. The average Bonchev–Trinajstić information content (AvgIpc) is 3.80. The number of pyridine rings is 3. The van der Waals surface area contributed by atoms with Crippen molar-refractivity contribution >= 4 is 96.7 Å². The standard InChI is InChI=1S/C49H28N4S/c1-2-13-29(14-3-1)45-32-16-5-4-15-30(32)28-42(51-45)53-40-25-24-31(27-39(40)37-22-12-26-50-49(37)53)46-35-19-8-6-17-33(35)43-34-18-7-9-20-36(34)48-44(47(43)52-46)38-21-10-11-23-41(38)54-48/h1-28H. The van der Waals surface area contributed by atoms with Gasteiger partial charge in [0, 0.05) is 69.8 Å². The second kappa shape index (κ2) is 11.3. The molecule has 0 fully saturated rings. The highest BCUT2D eigenvalue weighted by molar-refractivity contribution is 7.27. The SMILES string of the molecule is c1ccc(-c2nc(-n3c4ccc(-c5nc6c(c7ccccc57)c5ccccc5c5sc7ccccc7c65)cc4c4cccnc43)cc3ccccc23)cc1.